The number of pyridine rings is 1. The first-order chi connectivity index (χ1) is 15.2. The lowest BCUT2D eigenvalue weighted by molar-refractivity contribution is 0.857. The molecule has 1 fully saturated rings. The standard InChI is InChI=1S/C27H21ClN3/c1-19-8-2-5-12-25(19)31-26(21-9-3-4-10-21)18-24(20-13-15-22(28)16-14-20)30-27(31)23-11-6-7-17-29-23/h2-18,24H,1H3. The highest BCUT2D eigenvalue weighted by atomic mass is 35.5. The number of allylic oxidation sites excluding steroid dienone is 1. The zero-order valence-corrected chi connectivity index (χ0v) is 17.9. The Bertz CT molecular complexity index is 1110. The molecule has 1 atom stereocenters. The molecule has 4 heteroatoms. The van der Waals surface area contributed by atoms with Gasteiger partial charge in [0.1, 0.15) is 5.69 Å². The number of aryl methyl sites for hydroxylation is 1. The van der Waals surface area contributed by atoms with E-state index in [1.54, 1.807) is 0 Å². The summed E-state index contributed by atoms with van der Waals surface area (Å²) in [6, 6.07) is 22.1. The minimum absolute atomic E-state index is 0.139. The van der Waals surface area contributed by atoms with Crippen molar-refractivity contribution < 1.29 is 0 Å². The Balaban J connectivity index is 1.70. The summed E-state index contributed by atoms with van der Waals surface area (Å²) in [7, 11) is 0. The molecule has 5 radical (unpaired) electrons. The Morgan fingerprint density at radius 3 is 2.32 bits per heavy atom. The summed E-state index contributed by atoms with van der Waals surface area (Å²) in [4.78, 5) is 12.0. The fourth-order valence-corrected chi connectivity index (χ4v) is 4.03. The highest BCUT2D eigenvalue weighted by Crippen LogP contribution is 2.41. The zero-order valence-electron chi connectivity index (χ0n) is 17.1. The van der Waals surface area contributed by atoms with Crippen molar-refractivity contribution in [3.63, 3.8) is 0 Å². The van der Waals surface area contributed by atoms with Gasteiger partial charge in [-0.2, -0.15) is 0 Å². The van der Waals surface area contributed by atoms with Crippen LogP contribution in [0.5, 0.6) is 0 Å². The van der Waals surface area contributed by atoms with Gasteiger partial charge in [0, 0.05) is 22.8 Å². The molecule has 1 saturated carbocycles. The smallest absolute Gasteiger partial charge is 0.159 e. The second-order valence-electron chi connectivity index (χ2n) is 7.51. The van der Waals surface area contributed by atoms with E-state index < -0.39 is 0 Å². The highest BCUT2D eigenvalue weighted by molar-refractivity contribution is 6.30. The average Bonchev–Trinajstić information content (AvgIpc) is 3.35. The molecule has 5 rings (SSSR count). The quantitative estimate of drug-likeness (QED) is 0.490. The van der Waals surface area contributed by atoms with Gasteiger partial charge in [0.15, 0.2) is 5.84 Å². The third-order valence-corrected chi connectivity index (χ3v) is 5.70. The van der Waals surface area contributed by atoms with Crippen LogP contribution >= 0.6 is 11.6 Å². The predicted octanol–water partition coefficient (Wildman–Crippen LogP) is 6.34. The molecule has 0 saturated heterocycles. The van der Waals surface area contributed by atoms with Crippen LogP contribution in [0.1, 0.15) is 22.9 Å². The lowest BCUT2D eigenvalue weighted by atomic mass is 9.94. The van der Waals surface area contributed by atoms with Gasteiger partial charge < -0.3 is 0 Å². The number of aromatic nitrogens is 1. The molecule has 1 aromatic heterocycles. The van der Waals surface area contributed by atoms with Gasteiger partial charge in [0.2, 0.25) is 0 Å². The molecular weight excluding hydrogens is 402 g/mol. The molecule has 151 valence electrons. The Morgan fingerprint density at radius 1 is 0.871 bits per heavy atom. The minimum atomic E-state index is -0.139. The molecule has 0 N–H and O–H groups in total. The molecule has 0 amide bonds. The maximum absolute atomic E-state index is 6.14. The van der Waals surface area contributed by atoms with Gasteiger partial charge in [-0.25, -0.2) is 0 Å². The first-order valence-corrected chi connectivity index (χ1v) is 10.6. The fourth-order valence-electron chi connectivity index (χ4n) is 3.90. The Kier molecular flexibility index (Phi) is 5.61. The molecule has 0 spiro atoms. The van der Waals surface area contributed by atoms with Crippen LogP contribution in [0.15, 0.2) is 89.7 Å². The first-order valence-electron chi connectivity index (χ1n) is 10.2. The monoisotopic (exact) mass is 422 g/mol. The molecule has 1 aliphatic heterocycles. The Hall–Kier alpha value is -2.91. The van der Waals surface area contributed by atoms with Crippen molar-refractivity contribution in [3.05, 3.63) is 138 Å². The van der Waals surface area contributed by atoms with Gasteiger partial charge in [-0.3, -0.25) is 14.9 Å². The van der Waals surface area contributed by atoms with E-state index in [4.69, 9.17) is 16.6 Å². The van der Waals surface area contributed by atoms with E-state index >= 15 is 0 Å². The number of nitrogens with zero attached hydrogens (tertiary/aromatic N) is 3. The van der Waals surface area contributed by atoms with Gasteiger partial charge >= 0.3 is 0 Å². The Labute approximate surface area is 189 Å². The van der Waals surface area contributed by atoms with Crippen molar-refractivity contribution in [1.29, 1.82) is 0 Å². The SMILES string of the molecule is Cc1ccccc1N1C([C]2[CH][CH][CH][CH]2)=CC(c2ccc(Cl)cc2)N=C1c1ccccn1. The summed E-state index contributed by atoms with van der Waals surface area (Å²) >= 11 is 6.14. The molecule has 1 aliphatic carbocycles. The van der Waals surface area contributed by atoms with Gasteiger partial charge in [0.05, 0.1) is 11.7 Å². The first kappa shape index (κ1) is 20.0. The van der Waals surface area contributed by atoms with Crippen molar-refractivity contribution in [1.82, 2.24) is 4.98 Å². The van der Waals surface area contributed by atoms with Gasteiger partial charge in [-0.1, -0.05) is 48.0 Å². The number of halogens is 1. The Morgan fingerprint density at radius 2 is 1.61 bits per heavy atom. The van der Waals surface area contributed by atoms with Crippen LogP contribution in [0.3, 0.4) is 0 Å². The number of para-hydroxylation sites is 1. The third-order valence-electron chi connectivity index (χ3n) is 5.45. The molecular formula is C27H21ClN3. The topological polar surface area (TPSA) is 28.5 Å². The van der Waals surface area contributed by atoms with Crippen LogP contribution in [0.25, 0.3) is 0 Å². The van der Waals surface area contributed by atoms with Crippen LogP contribution in [0, 0.1) is 38.5 Å². The number of benzene rings is 2. The highest BCUT2D eigenvalue weighted by Gasteiger charge is 2.34. The van der Waals surface area contributed by atoms with E-state index in [1.807, 2.05) is 48.7 Å². The van der Waals surface area contributed by atoms with E-state index in [1.165, 1.54) is 5.56 Å². The predicted molar refractivity (Wildman–Crippen MR) is 127 cm³/mol. The largest absolute Gasteiger partial charge is 0.297 e. The zero-order chi connectivity index (χ0) is 21.2. The van der Waals surface area contributed by atoms with Gasteiger partial charge in [-0.05, 0) is 80.1 Å². The van der Waals surface area contributed by atoms with E-state index in [0.717, 1.165) is 39.4 Å². The number of hydrogen-bond donors (Lipinski definition) is 0. The van der Waals surface area contributed by atoms with E-state index in [2.05, 4.69) is 72.8 Å². The molecule has 2 aromatic carbocycles. The van der Waals surface area contributed by atoms with E-state index in [0.29, 0.717) is 0 Å². The lowest BCUT2D eigenvalue weighted by Crippen LogP contribution is -2.37. The molecule has 3 nitrogen and oxygen atoms in total. The number of rotatable bonds is 4. The number of anilines is 1. The molecule has 2 heterocycles. The van der Waals surface area contributed by atoms with Crippen molar-refractivity contribution >= 4 is 23.1 Å². The maximum Gasteiger partial charge on any atom is 0.159 e. The molecule has 3 aromatic rings. The van der Waals surface area contributed by atoms with Crippen LogP contribution in [-0.2, 0) is 0 Å². The van der Waals surface area contributed by atoms with Crippen molar-refractivity contribution in [2.24, 2.45) is 4.99 Å². The van der Waals surface area contributed by atoms with Crippen molar-refractivity contribution in [2.45, 2.75) is 13.0 Å². The second-order valence-corrected chi connectivity index (χ2v) is 7.95. The second kappa shape index (κ2) is 8.68. The van der Waals surface area contributed by atoms with Gasteiger partial charge in [0.25, 0.3) is 0 Å². The van der Waals surface area contributed by atoms with Crippen LogP contribution in [-0.4, -0.2) is 10.8 Å². The average molecular weight is 423 g/mol. The molecule has 0 bridgehead atoms. The van der Waals surface area contributed by atoms with E-state index in [9.17, 15) is 0 Å². The summed E-state index contributed by atoms with van der Waals surface area (Å²) in [5.41, 5.74) is 5.28. The summed E-state index contributed by atoms with van der Waals surface area (Å²) in [6.07, 6.45) is 12.4. The summed E-state index contributed by atoms with van der Waals surface area (Å²) in [6.45, 7) is 2.12. The molecule has 2 aliphatic rings. The summed E-state index contributed by atoms with van der Waals surface area (Å²) < 4.78 is 0. The van der Waals surface area contributed by atoms with Crippen LogP contribution < -0.4 is 4.90 Å². The number of aliphatic imine (C=N–C) groups is 1. The fraction of sp³-hybridized carbons (Fsp3) is 0.0741. The van der Waals surface area contributed by atoms with Crippen molar-refractivity contribution in [2.75, 3.05) is 4.90 Å². The lowest BCUT2D eigenvalue weighted by Gasteiger charge is -2.36. The molecule has 1 unspecified atom stereocenters. The number of hydrogen-bond acceptors (Lipinski definition) is 3. The van der Waals surface area contributed by atoms with Gasteiger partial charge in [-0.15, -0.1) is 0 Å². The summed E-state index contributed by atoms with van der Waals surface area (Å²) in [5, 5.41) is 0.718. The van der Waals surface area contributed by atoms with Crippen LogP contribution in [0.2, 0.25) is 5.02 Å². The summed E-state index contributed by atoms with van der Waals surface area (Å²) in [5.74, 6) is 1.97. The van der Waals surface area contributed by atoms with Crippen LogP contribution in [0.4, 0.5) is 5.69 Å². The minimum Gasteiger partial charge on any atom is -0.297 e. The van der Waals surface area contributed by atoms with E-state index in [-0.39, 0.29) is 6.04 Å². The third kappa shape index (κ3) is 4.03. The normalized spacial score (nSPS) is 19.3. The number of amidine groups is 1. The van der Waals surface area contributed by atoms with Crippen molar-refractivity contribution in [3.8, 4) is 0 Å². The molecule has 31 heavy (non-hydrogen) atoms. The maximum atomic E-state index is 6.14.